The van der Waals surface area contributed by atoms with Crippen LogP contribution in [0.1, 0.15) is 32.3 Å². The van der Waals surface area contributed by atoms with Gasteiger partial charge in [0.15, 0.2) is 0 Å². The third-order valence-corrected chi connectivity index (χ3v) is 3.12. The minimum atomic E-state index is -0.384. The van der Waals surface area contributed by atoms with Gasteiger partial charge < -0.3 is 5.11 Å². The summed E-state index contributed by atoms with van der Waals surface area (Å²) in [4.78, 5) is 12.5. The average molecular weight is 266 g/mol. The van der Waals surface area contributed by atoms with Crippen LogP contribution in [-0.4, -0.2) is 34.1 Å². The quantitative estimate of drug-likeness (QED) is 0.446. The van der Waals surface area contributed by atoms with Crippen molar-refractivity contribution in [2.45, 2.75) is 39.3 Å². The molecule has 1 N–H and O–H groups in total. The van der Waals surface area contributed by atoms with Crippen molar-refractivity contribution in [3.05, 3.63) is 39.9 Å². The Morgan fingerprint density at radius 1 is 1.26 bits per heavy atom. The van der Waals surface area contributed by atoms with Crippen molar-refractivity contribution >= 4 is 5.69 Å². The zero-order valence-corrected chi connectivity index (χ0v) is 11.6. The first-order chi connectivity index (χ1) is 9.04. The molecule has 0 aliphatic heterocycles. The van der Waals surface area contributed by atoms with Gasteiger partial charge in [-0.1, -0.05) is 12.1 Å². The van der Waals surface area contributed by atoms with Crippen LogP contribution in [0.5, 0.6) is 0 Å². The van der Waals surface area contributed by atoms with Crippen molar-refractivity contribution in [3.8, 4) is 0 Å². The van der Waals surface area contributed by atoms with Gasteiger partial charge in [0.05, 0.1) is 4.92 Å². The normalized spacial score (nSPS) is 11.2. The zero-order valence-electron chi connectivity index (χ0n) is 11.6. The zero-order chi connectivity index (χ0) is 14.3. The summed E-state index contributed by atoms with van der Waals surface area (Å²) in [5, 5.41) is 19.4. The molecule has 5 heteroatoms. The minimum absolute atomic E-state index is 0.125. The van der Waals surface area contributed by atoms with Gasteiger partial charge in [-0.3, -0.25) is 15.0 Å². The Balaban J connectivity index is 2.60. The monoisotopic (exact) mass is 266 g/mol. The van der Waals surface area contributed by atoms with Gasteiger partial charge in [-0.05, 0) is 38.8 Å². The van der Waals surface area contributed by atoms with Gasteiger partial charge in [-0.15, -0.1) is 0 Å². The fourth-order valence-corrected chi connectivity index (χ4v) is 1.90. The second-order valence-electron chi connectivity index (χ2n) is 4.92. The maximum atomic E-state index is 10.6. The number of hydrogen-bond donors (Lipinski definition) is 1. The highest BCUT2D eigenvalue weighted by Crippen LogP contribution is 2.15. The van der Waals surface area contributed by atoms with Crippen LogP contribution in [0.25, 0.3) is 0 Å². The van der Waals surface area contributed by atoms with Crippen LogP contribution >= 0.6 is 0 Å². The molecule has 19 heavy (non-hydrogen) atoms. The molecule has 0 fully saturated rings. The number of rotatable bonds is 8. The first-order valence-electron chi connectivity index (χ1n) is 6.63. The lowest BCUT2D eigenvalue weighted by Gasteiger charge is -2.26. The number of unbranched alkanes of at least 4 members (excludes halogenated alkanes) is 1. The number of non-ortho nitro benzene ring substituents is 1. The van der Waals surface area contributed by atoms with Crippen LogP contribution in [0.15, 0.2) is 24.3 Å². The Morgan fingerprint density at radius 2 is 1.89 bits per heavy atom. The topological polar surface area (TPSA) is 66.6 Å². The third kappa shape index (κ3) is 5.36. The number of benzene rings is 1. The van der Waals surface area contributed by atoms with Gasteiger partial charge in [0.2, 0.25) is 0 Å². The van der Waals surface area contributed by atoms with Gasteiger partial charge >= 0.3 is 0 Å². The van der Waals surface area contributed by atoms with E-state index in [1.807, 2.05) is 0 Å². The molecule has 0 spiro atoms. The van der Waals surface area contributed by atoms with E-state index < -0.39 is 0 Å². The van der Waals surface area contributed by atoms with Crippen molar-refractivity contribution < 1.29 is 10.0 Å². The molecule has 0 radical (unpaired) electrons. The van der Waals surface area contributed by atoms with Crippen LogP contribution in [-0.2, 0) is 6.54 Å². The predicted octanol–water partition coefficient (Wildman–Crippen LogP) is 2.58. The molecule has 0 heterocycles. The maximum Gasteiger partial charge on any atom is 0.269 e. The second-order valence-corrected chi connectivity index (χ2v) is 4.92. The Labute approximate surface area is 114 Å². The lowest BCUT2D eigenvalue weighted by Crippen LogP contribution is -2.31. The van der Waals surface area contributed by atoms with Gasteiger partial charge in [-0.25, -0.2) is 0 Å². The van der Waals surface area contributed by atoms with Gasteiger partial charge in [0, 0.05) is 31.3 Å². The van der Waals surface area contributed by atoms with E-state index in [1.54, 1.807) is 24.3 Å². The van der Waals surface area contributed by atoms with E-state index in [1.165, 1.54) is 0 Å². The van der Waals surface area contributed by atoms with Crippen LogP contribution < -0.4 is 0 Å². The molecule has 5 nitrogen and oxygen atoms in total. The molecule has 0 saturated heterocycles. The Bertz CT molecular complexity index is 390. The van der Waals surface area contributed by atoms with Crippen LogP contribution in [0.4, 0.5) is 5.69 Å². The molecule has 0 atom stereocenters. The van der Waals surface area contributed by atoms with E-state index in [4.69, 9.17) is 5.11 Å². The molecule has 0 saturated carbocycles. The number of aliphatic hydroxyl groups is 1. The predicted molar refractivity (Wildman–Crippen MR) is 75.0 cm³/mol. The smallest absolute Gasteiger partial charge is 0.269 e. The summed E-state index contributed by atoms with van der Waals surface area (Å²) in [5.74, 6) is 0. The summed E-state index contributed by atoms with van der Waals surface area (Å²) in [7, 11) is 0. The van der Waals surface area contributed by atoms with Crippen molar-refractivity contribution in [2.75, 3.05) is 13.2 Å². The van der Waals surface area contributed by atoms with Crippen molar-refractivity contribution in [2.24, 2.45) is 0 Å². The highest BCUT2D eigenvalue weighted by atomic mass is 16.6. The van der Waals surface area contributed by atoms with E-state index >= 15 is 0 Å². The molecule has 0 bridgehead atoms. The average Bonchev–Trinajstić information content (AvgIpc) is 2.38. The van der Waals surface area contributed by atoms with E-state index in [-0.39, 0.29) is 17.2 Å². The largest absolute Gasteiger partial charge is 0.396 e. The number of aliphatic hydroxyl groups excluding tert-OH is 1. The Morgan fingerprint density at radius 3 is 2.37 bits per heavy atom. The summed E-state index contributed by atoms with van der Waals surface area (Å²) in [6.45, 7) is 6.19. The van der Waals surface area contributed by atoms with Crippen LogP contribution in [0, 0.1) is 10.1 Å². The minimum Gasteiger partial charge on any atom is -0.396 e. The van der Waals surface area contributed by atoms with Crippen molar-refractivity contribution in [1.29, 1.82) is 0 Å². The number of hydrogen-bond acceptors (Lipinski definition) is 4. The van der Waals surface area contributed by atoms with E-state index in [0.29, 0.717) is 6.04 Å². The van der Waals surface area contributed by atoms with E-state index in [2.05, 4.69) is 18.7 Å². The summed E-state index contributed by atoms with van der Waals surface area (Å²) < 4.78 is 0. The lowest BCUT2D eigenvalue weighted by atomic mass is 10.1. The van der Waals surface area contributed by atoms with Crippen LogP contribution in [0.2, 0.25) is 0 Å². The molecule has 106 valence electrons. The number of nitrogens with zero attached hydrogens (tertiary/aromatic N) is 2. The van der Waals surface area contributed by atoms with Gasteiger partial charge in [0.1, 0.15) is 0 Å². The molecule has 1 aromatic carbocycles. The first-order valence-corrected chi connectivity index (χ1v) is 6.63. The Kier molecular flexibility index (Phi) is 6.45. The fraction of sp³-hybridized carbons (Fsp3) is 0.571. The molecule has 1 aromatic rings. The van der Waals surface area contributed by atoms with Crippen molar-refractivity contribution in [1.82, 2.24) is 4.90 Å². The van der Waals surface area contributed by atoms with Crippen LogP contribution in [0.3, 0.4) is 0 Å². The summed E-state index contributed by atoms with van der Waals surface area (Å²) >= 11 is 0. The molecule has 1 rings (SSSR count). The summed E-state index contributed by atoms with van der Waals surface area (Å²) in [6, 6.07) is 7.11. The molecule has 0 aliphatic carbocycles. The van der Waals surface area contributed by atoms with Gasteiger partial charge in [0.25, 0.3) is 5.69 Å². The number of nitro groups is 1. The van der Waals surface area contributed by atoms with Crippen molar-refractivity contribution in [3.63, 3.8) is 0 Å². The number of nitro benzene ring substituents is 1. The SMILES string of the molecule is CC(C)N(CCCCO)Cc1ccc([N+](=O)[O-])cc1. The summed E-state index contributed by atoms with van der Waals surface area (Å²) in [5.41, 5.74) is 1.20. The first kappa shape index (κ1) is 15.6. The second kappa shape index (κ2) is 7.86. The highest BCUT2D eigenvalue weighted by molar-refractivity contribution is 5.32. The molecular formula is C14H22N2O3. The van der Waals surface area contributed by atoms with E-state index in [9.17, 15) is 10.1 Å². The Hall–Kier alpha value is -1.46. The van der Waals surface area contributed by atoms with Gasteiger partial charge in [-0.2, -0.15) is 0 Å². The molecule has 0 amide bonds. The molecule has 0 aromatic heterocycles. The molecule has 0 aliphatic rings. The molecule has 0 unspecified atom stereocenters. The summed E-state index contributed by atoms with van der Waals surface area (Å²) in [6.07, 6.45) is 1.77. The fourth-order valence-electron chi connectivity index (χ4n) is 1.90. The standard InChI is InChI=1S/C14H22N2O3/c1-12(2)15(9-3-4-10-17)11-13-5-7-14(8-6-13)16(18)19/h5-8,12,17H,3-4,9-11H2,1-2H3. The lowest BCUT2D eigenvalue weighted by molar-refractivity contribution is -0.384. The maximum absolute atomic E-state index is 10.6. The van der Waals surface area contributed by atoms with E-state index in [0.717, 1.165) is 31.5 Å². The third-order valence-electron chi connectivity index (χ3n) is 3.12. The molecular weight excluding hydrogens is 244 g/mol. The highest BCUT2D eigenvalue weighted by Gasteiger charge is 2.11.